The fourth-order valence-corrected chi connectivity index (χ4v) is 2.44. The minimum atomic E-state index is -0.125. The van der Waals surface area contributed by atoms with Crippen molar-refractivity contribution < 1.29 is 9.90 Å². The molecule has 1 aromatic carbocycles. The van der Waals surface area contributed by atoms with Crippen LogP contribution >= 0.6 is 0 Å². The van der Waals surface area contributed by atoms with Gasteiger partial charge in [-0.05, 0) is 23.6 Å². The van der Waals surface area contributed by atoms with E-state index < -0.39 is 0 Å². The predicted octanol–water partition coefficient (Wildman–Crippen LogP) is 2.56. The maximum Gasteiger partial charge on any atom is 0.226 e. The van der Waals surface area contributed by atoms with Crippen LogP contribution < -0.4 is 5.32 Å². The number of aliphatic hydroxyl groups excluding tert-OH is 1. The quantitative estimate of drug-likeness (QED) is 0.760. The highest BCUT2D eigenvalue weighted by atomic mass is 16.3. The second-order valence-electron chi connectivity index (χ2n) is 5.06. The number of para-hydroxylation sites is 1. The van der Waals surface area contributed by atoms with Crippen LogP contribution in [0.15, 0.2) is 55.0 Å². The van der Waals surface area contributed by atoms with Crippen molar-refractivity contribution in [2.75, 3.05) is 5.32 Å². The standard InChI is InChI=1S/C17H17N3O2/c21-12-14-5-8-18-11-15(14)19-17(22)7-10-20-9-6-13-3-1-2-4-16(13)20/h1-6,8-9,11,21H,7,10,12H2,(H,19,22). The maximum absolute atomic E-state index is 12.1. The summed E-state index contributed by atoms with van der Waals surface area (Å²) in [7, 11) is 0. The zero-order valence-electron chi connectivity index (χ0n) is 12.1. The first-order valence-corrected chi connectivity index (χ1v) is 7.15. The van der Waals surface area contributed by atoms with Crippen LogP contribution in [0, 0.1) is 0 Å². The number of anilines is 1. The summed E-state index contributed by atoms with van der Waals surface area (Å²) < 4.78 is 2.06. The molecule has 0 saturated carbocycles. The lowest BCUT2D eigenvalue weighted by molar-refractivity contribution is -0.116. The van der Waals surface area contributed by atoms with Gasteiger partial charge < -0.3 is 15.0 Å². The Balaban J connectivity index is 1.65. The fraction of sp³-hybridized carbons (Fsp3) is 0.176. The first-order valence-electron chi connectivity index (χ1n) is 7.15. The van der Waals surface area contributed by atoms with E-state index in [0.29, 0.717) is 24.2 Å². The number of carbonyl (C=O) groups is 1. The average Bonchev–Trinajstić information content (AvgIpc) is 2.97. The van der Waals surface area contributed by atoms with Crippen LogP contribution in [0.1, 0.15) is 12.0 Å². The molecule has 3 aromatic rings. The normalized spacial score (nSPS) is 10.8. The van der Waals surface area contributed by atoms with Gasteiger partial charge in [-0.2, -0.15) is 0 Å². The van der Waals surface area contributed by atoms with E-state index in [2.05, 4.69) is 20.9 Å². The minimum Gasteiger partial charge on any atom is -0.392 e. The van der Waals surface area contributed by atoms with Gasteiger partial charge in [0, 0.05) is 36.4 Å². The number of nitrogens with zero attached hydrogens (tertiary/aromatic N) is 2. The number of nitrogens with one attached hydrogen (secondary N) is 1. The summed E-state index contributed by atoms with van der Waals surface area (Å²) in [6.45, 7) is 0.481. The Labute approximate surface area is 128 Å². The number of hydrogen-bond acceptors (Lipinski definition) is 3. The molecule has 2 N–H and O–H groups in total. The SMILES string of the molecule is O=C(CCn1ccc2ccccc21)Nc1cnccc1CO. The van der Waals surface area contributed by atoms with Gasteiger partial charge >= 0.3 is 0 Å². The summed E-state index contributed by atoms with van der Waals surface area (Å²) in [4.78, 5) is 16.0. The average molecular weight is 295 g/mol. The number of aromatic nitrogens is 2. The Morgan fingerprint density at radius 3 is 2.95 bits per heavy atom. The topological polar surface area (TPSA) is 67.2 Å². The Kier molecular flexibility index (Phi) is 4.16. The highest BCUT2D eigenvalue weighted by molar-refractivity contribution is 5.91. The van der Waals surface area contributed by atoms with Crippen molar-refractivity contribution in [3.63, 3.8) is 0 Å². The molecule has 0 fully saturated rings. The smallest absolute Gasteiger partial charge is 0.226 e. The molecular formula is C17H17N3O2. The molecule has 0 unspecified atom stereocenters. The number of benzene rings is 1. The number of pyridine rings is 1. The van der Waals surface area contributed by atoms with E-state index in [1.165, 1.54) is 0 Å². The molecule has 22 heavy (non-hydrogen) atoms. The molecule has 0 aliphatic rings. The molecule has 0 aliphatic heterocycles. The molecule has 3 rings (SSSR count). The van der Waals surface area contributed by atoms with Crippen molar-refractivity contribution >= 4 is 22.5 Å². The zero-order chi connectivity index (χ0) is 15.4. The van der Waals surface area contributed by atoms with Crippen molar-refractivity contribution in [2.24, 2.45) is 0 Å². The van der Waals surface area contributed by atoms with E-state index in [1.54, 1.807) is 18.5 Å². The second kappa shape index (κ2) is 6.41. The fourth-order valence-electron chi connectivity index (χ4n) is 2.44. The molecule has 2 aromatic heterocycles. The van der Waals surface area contributed by atoms with Gasteiger partial charge in [0.15, 0.2) is 0 Å². The summed E-state index contributed by atoms with van der Waals surface area (Å²) in [5, 5.41) is 13.2. The first-order chi connectivity index (χ1) is 10.8. The Hall–Kier alpha value is -2.66. The Bertz CT molecular complexity index is 795. The monoisotopic (exact) mass is 295 g/mol. The van der Waals surface area contributed by atoms with Gasteiger partial charge in [0.1, 0.15) is 0 Å². The van der Waals surface area contributed by atoms with Crippen molar-refractivity contribution in [3.8, 4) is 0 Å². The lowest BCUT2D eigenvalue weighted by atomic mass is 10.2. The number of amides is 1. The first kappa shape index (κ1) is 14.3. The summed E-state index contributed by atoms with van der Waals surface area (Å²) >= 11 is 0. The summed E-state index contributed by atoms with van der Waals surface area (Å²) in [5.74, 6) is -0.0968. The van der Waals surface area contributed by atoms with E-state index in [4.69, 9.17) is 0 Å². The number of hydrogen-bond donors (Lipinski definition) is 2. The third kappa shape index (κ3) is 2.99. The number of aliphatic hydroxyl groups is 1. The molecule has 0 aliphatic carbocycles. The summed E-state index contributed by atoms with van der Waals surface area (Å²) in [6.07, 6.45) is 5.49. The van der Waals surface area contributed by atoms with Crippen LogP contribution in [0.5, 0.6) is 0 Å². The van der Waals surface area contributed by atoms with Gasteiger partial charge in [-0.3, -0.25) is 9.78 Å². The van der Waals surface area contributed by atoms with Gasteiger partial charge in [-0.25, -0.2) is 0 Å². The lowest BCUT2D eigenvalue weighted by Gasteiger charge is -2.09. The second-order valence-corrected chi connectivity index (χ2v) is 5.06. The molecule has 5 heteroatoms. The van der Waals surface area contributed by atoms with Crippen LogP contribution in [0.25, 0.3) is 10.9 Å². The molecule has 0 spiro atoms. The molecule has 1 amide bonds. The highest BCUT2D eigenvalue weighted by Crippen LogP contribution is 2.16. The molecular weight excluding hydrogens is 278 g/mol. The van der Waals surface area contributed by atoms with Crippen LogP contribution in [0.4, 0.5) is 5.69 Å². The lowest BCUT2D eigenvalue weighted by Crippen LogP contribution is -2.15. The van der Waals surface area contributed by atoms with Gasteiger partial charge in [0.05, 0.1) is 18.5 Å². The van der Waals surface area contributed by atoms with E-state index in [9.17, 15) is 9.90 Å². The van der Waals surface area contributed by atoms with Gasteiger partial charge in [-0.15, -0.1) is 0 Å². The summed E-state index contributed by atoms with van der Waals surface area (Å²) in [5.41, 5.74) is 2.34. The van der Waals surface area contributed by atoms with Gasteiger partial charge in [-0.1, -0.05) is 18.2 Å². The van der Waals surface area contributed by atoms with E-state index in [1.807, 2.05) is 30.5 Å². The van der Waals surface area contributed by atoms with Crippen LogP contribution in [-0.4, -0.2) is 20.6 Å². The molecule has 2 heterocycles. The number of fused-ring (bicyclic) bond motifs is 1. The minimum absolute atomic E-state index is 0.0968. The Morgan fingerprint density at radius 1 is 1.23 bits per heavy atom. The van der Waals surface area contributed by atoms with Crippen molar-refractivity contribution in [3.05, 3.63) is 60.6 Å². The van der Waals surface area contributed by atoms with Gasteiger partial charge in [0.25, 0.3) is 0 Å². The molecule has 0 saturated heterocycles. The molecule has 0 radical (unpaired) electrons. The molecule has 0 atom stereocenters. The maximum atomic E-state index is 12.1. The van der Waals surface area contributed by atoms with E-state index in [-0.39, 0.29) is 12.5 Å². The number of rotatable bonds is 5. The van der Waals surface area contributed by atoms with Crippen LogP contribution in [0.3, 0.4) is 0 Å². The third-order valence-corrected chi connectivity index (χ3v) is 3.62. The molecule has 5 nitrogen and oxygen atoms in total. The number of carbonyl (C=O) groups excluding carboxylic acids is 1. The van der Waals surface area contributed by atoms with Gasteiger partial charge in [0.2, 0.25) is 5.91 Å². The predicted molar refractivity (Wildman–Crippen MR) is 85.3 cm³/mol. The van der Waals surface area contributed by atoms with E-state index >= 15 is 0 Å². The summed E-state index contributed by atoms with van der Waals surface area (Å²) in [6, 6.07) is 11.8. The van der Waals surface area contributed by atoms with E-state index in [0.717, 1.165) is 10.9 Å². The molecule has 112 valence electrons. The largest absolute Gasteiger partial charge is 0.392 e. The number of aryl methyl sites for hydroxylation is 1. The van der Waals surface area contributed by atoms with Crippen LogP contribution in [0.2, 0.25) is 0 Å². The third-order valence-electron chi connectivity index (χ3n) is 3.62. The van der Waals surface area contributed by atoms with Crippen LogP contribution in [-0.2, 0) is 17.9 Å². The highest BCUT2D eigenvalue weighted by Gasteiger charge is 2.07. The van der Waals surface area contributed by atoms with Crippen molar-refractivity contribution in [1.82, 2.24) is 9.55 Å². The van der Waals surface area contributed by atoms with Crippen molar-refractivity contribution in [1.29, 1.82) is 0 Å². The zero-order valence-corrected chi connectivity index (χ0v) is 12.1. The molecule has 0 bridgehead atoms. The Morgan fingerprint density at radius 2 is 2.09 bits per heavy atom. The van der Waals surface area contributed by atoms with Crippen molar-refractivity contribution in [2.45, 2.75) is 19.6 Å².